The van der Waals surface area contributed by atoms with Gasteiger partial charge in [-0.1, -0.05) is 5.21 Å². The van der Waals surface area contributed by atoms with Gasteiger partial charge in [0.2, 0.25) is 0 Å². The van der Waals surface area contributed by atoms with E-state index in [9.17, 15) is 0 Å². The topological polar surface area (TPSA) is 60.2 Å². The van der Waals surface area contributed by atoms with Gasteiger partial charge in [-0.25, -0.2) is 0 Å². The summed E-state index contributed by atoms with van der Waals surface area (Å²) in [6, 6.07) is 0. The van der Waals surface area contributed by atoms with Gasteiger partial charge in [-0.15, -0.1) is 5.10 Å². The van der Waals surface area contributed by atoms with E-state index in [2.05, 4.69) is 10.3 Å². The lowest BCUT2D eigenvalue weighted by Gasteiger charge is -2.00. The Balaban J connectivity index is 2.22. The van der Waals surface area contributed by atoms with Gasteiger partial charge in [0.25, 0.3) is 0 Å². The van der Waals surface area contributed by atoms with Crippen LogP contribution < -0.4 is 0 Å². The van der Waals surface area contributed by atoms with Crippen LogP contribution in [0.3, 0.4) is 0 Å². The largest absolute Gasteiger partial charge is 0.396 e. The number of hydrogen-bond donors (Lipinski definition) is 1. The zero-order chi connectivity index (χ0) is 10.2. The van der Waals surface area contributed by atoms with Crippen LogP contribution in [0.4, 0.5) is 0 Å². The molecule has 0 aliphatic carbocycles. The fraction of sp³-hybridized carbons (Fsp3) is 0.778. The Morgan fingerprint density at radius 2 is 2.43 bits per heavy atom. The predicted octanol–water partition coefficient (Wildman–Crippen LogP) is 0.239. The first-order valence-electron chi connectivity index (χ1n) is 4.94. The first-order valence-corrected chi connectivity index (χ1v) is 4.94. The van der Waals surface area contributed by atoms with Crippen LogP contribution in [-0.2, 0) is 17.7 Å². The monoisotopic (exact) mass is 199 g/mol. The Labute approximate surface area is 83.7 Å². The molecule has 0 saturated heterocycles. The lowest BCUT2D eigenvalue weighted by molar-refractivity contribution is 0.140. The zero-order valence-corrected chi connectivity index (χ0v) is 8.52. The second-order valence-corrected chi connectivity index (χ2v) is 3.00. The number of aliphatic hydroxyl groups is 1. The maximum atomic E-state index is 8.68. The highest BCUT2D eigenvalue weighted by Gasteiger charge is 1.99. The third kappa shape index (κ3) is 3.85. The average molecular weight is 199 g/mol. The van der Waals surface area contributed by atoms with Crippen LogP contribution in [0, 0.1) is 0 Å². The quantitative estimate of drug-likeness (QED) is 0.639. The lowest BCUT2D eigenvalue weighted by Crippen LogP contribution is -2.03. The molecule has 0 fully saturated rings. The SMILES string of the molecule is CCOCCCn1cc(CCO)nn1. The Hall–Kier alpha value is -0.940. The molecule has 0 aromatic carbocycles. The number of aryl methyl sites for hydroxylation is 1. The van der Waals surface area contributed by atoms with E-state index in [0.717, 1.165) is 31.9 Å². The second kappa shape index (κ2) is 6.50. The van der Waals surface area contributed by atoms with Crippen LogP contribution in [0.1, 0.15) is 19.0 Å². The van der Waals surface area contributed by atoms with Gasteiger partial charge < -0.3 is 9.84 Å². The van der Waals surface area contributed by atoms with Gasteiger partial charge in [0.15, 0.2) is 0 Å². The molecule has 0 aliphatic heterocycles. The molecule has 80 valence electrons. The maximum Gasteiger partial charge on any atom is 0.0849 e. The van der Waals surface area contributed by atoms with Crippen LogP contribution in [0.5, 0.6) is 0 Å². The number of ether oxygens (including phenoxy) is 1. The van der Waals surface area contributed by atoms with E-state index in [1.54, 1.807) is 4.68 Å². The van der Waals surface area contributed by atoms with E-state index in [4.69, 9.17) is 9.84 Å². The Kier molecular flexibility index (Phi) is 5.17. The first-order chi connectivity index (χ1) is 6.86. The van der Waals surface area contributed by atoms with Crippen molar-refractivity contribution in [3.63, 3.8) is 0 Å². The molecular formula is C9H17N3O2. The van der Waals surface area contributed by atoms with Gasteiger partial charge in [-0.05, 0) is 13.3 Å². The highest BCUT2D eigenvalue weighted by molar-refractivity contribution is 4.91. The van der Waals surface area contributed by atoms with Gasteiger partial charge in [0, 0.05) is 39.0 Å². The van der Waals surface area contributed by atoms with Gasteiger partial charge in [-0.2, -0.15) is 0 Å². The fourth-order valence-electron chi connectivity index (χ4n) is 1.15. The molecule has 0 spiro atoms. The average Bonchev–Trinajstić information content (AvgIpc) is 2.61. The van der Waals surface area contributed by atoms with Crippen LogP contribution in [-0.4, -0.2) is 39.9 Å². The van der Waals surface area contributed by atoms with E-state index in [1.165, 1.54) is 0 Å². The smallest absolute Gasteiger partial charge is 0.0849 e. The third-order valence-electron chi connectivity index (χ3n) is 1.83. The molecule has 1 aromatic rings. The summed E-state index contributed by atoms with van der Waals surface area (Å²) >= 11 is 0. The van der Waals surface area contributed by atoms with Crippen molar-refractivity contribution in [1.29, 1.82) is 0 Å². The summed E-state index contributed by atoms with van der Waals surface area (Å²) in [5.41, 5.74) is 0.837. The van der Waals surface area contributed by atoms with Crippen molar-refractivity contribution in [3.8, 4) is 0 Å². The van der Waals surface area contributed by atoms with Gasteiger partial charge in [0.05, 0.1) is 5.69 Å². The van der Waals surface area contributed by atoms with Crippen molar-refractivity contribution < 1.29 is 9.84 Å². The molecule has 0 unspecified atom stereocenters. The number of aromatic nitrogens is 3. The van der Waals surface area contributed by atoms with E-state index >= 15 is 0 Å². The molecule has 1 rings (SSSR count). The van der Waals surface area contributed by atoms with Crippen molar-refractivity contribution in [1.82, 2.24) is 15.0 Å². The minimum atomic E-state index is 0.123. The number of aliphatic hydroxyl groups excluding tert-OH is 1. The molecule has 0 atom stereocenters. The minimum Gasteiger partial charge on any atom is -0.396 e. The number of nitrogens with zero attached hydrogens (tertiary/aromatic N) is 3. The van der Waals surface area contributed by atoms with Crippen molar-refractivity contribution in [3.05, 3.63) is 11.9 Å². The number of rotatable bonds is 7. The molecule has 0 bridgehead atoms. The van der Waals surface area contributed by atoms with Crippen molar-refractivity contribution >= 4 is 0 Å². The molecule has 14 heavy (non-hydrogen) atoms. The highest BCUT2D eigenvalue weighted by atomic mass is 16.5. The Morgan fingerprint density at radius 3 is 3.14 bits per heavy atom. The van der Waals surface area contributed by atoms with Crippen LogP contribution >= 0.6 is 0 Å². The molecular weight excluding hydrogens is 182 g/mol. The standard InChI is InChI=1S/C9H17N3O2/c1-2-14-7-3-5-12-8-9(4-6-13)10-11-12/h8,13H,2-7H2,1H3. The lowest BCUT2D eigenvalue weighted by atomic mass is 10.3. The summed E-state index contributed by atoms with van der Waals surface area (Å²) in [4.78, 5) is 0. The molecule has 0 radical (unpaired) electrons. The zero-order valence-electron chi connectivity index (χ0n) is 8.52. The summed E-state index contributed by atoms with van der Waals surface area (Å²) in [7, 11) is 0. The molecule has 5 heteroatoms. The molecule has 1 N–H and O–H groups in total. The van der Waals surface area contributed by atoms with E-state index in [1.807, 2.05) is 13.1 Å². The summed E-state index contributed by atoms with van der Waals surface area (Å²) < 4.78 is 6.99. The summed E-state index contributed by atoms with van der Waals surface area (Å²) in [5, 5.41) is 16.5. The fourth-order valence-corrected chi connectivity index (χ4v) is 1.15. The van der Waals surface area contributed by atoms with Crippen LogP contribution in [0.15, 0.2) is 6.20 Å². The van der Waals surface area contributed by atoms with Crippen molar-refractivity contribution in [2.75, 3.05) is 19.8 Å². The molecule has 1 aromatic heterocycles. The van der Waals surface area contributed by atoms with E-state index < -0.39 is 0 Å². The van der Waals surface area contributed by atoms with Gasteiger partial charge in [0.1, 0.15) is 0 Å². The number of hydrogen-bond acceptors (Lipinski definition) is 4. The molecule has 1 heterocycles. The normalized spacial score (nSPS) is 10.7. The van der Waals surface area contributed by atoms with E-state index in [-0.39, 0.29) is 6.61 Å². The second-order valence-electron chi connectivity index (χ2n) is 3.00. The van der Waals surface area contributed by atoms with Crippen molar-refractivity contribution in [2.45, 2.75) is 26.3 Å². The summed E-state index contributed by atoms with van der Waals surface area (Å²) in [5.74, 6) is 0. The predicted molar refractivity (Wildman–Crippen MR) is 51.9 cm³/mol. The highest BCUT2D eigenvalue weighted by Crippen LogP contribution is 1.95. The molecule has 0 aliphatic rings. The molecule has 0 amide bonds. The van der Waals surface area contributed by atoms with Crippen LogP contribution in [0.2, 0.25) is 0 Å². The van der Waals surface area contributed by atoms with E-state index in [0.29, 0.717) is 6.42 Å². The van der Waals surface area contributed by atoms with Gasteiger partial charge >= 0.3 is 0 Å². The summed E-state index contributed by atoms with van der Waals surface area (Å²) in [6.07, 6.45) is 3.38. The Morgan fingerprint density at radius 1 is 1.57 bits per heavy atom. The van der Waals surface area contributed by atoms with Crippen molar-refractivity contribution in [2.24, 2.45) is 0 Å². The summed E-state index contributed by atoms with van der Waals surface area (Å²) in [6.45, 7) is 4.43. The molecule has 0 saturated carbocycles. The third-order valence-corrected chi connectivity index (χ3v) is 1.83. The minimum absolute atomic E-state index is 0.123. The first kappa shape index (κ1) is 11.1. The Bertz CT molecular complexity index is 250. The molecule has 5 nitrogen and oxygen atoms in total. The maximum absolute atomic E-state index is 8.68. The van der Waals surface area contributed by atoms with Gasteiger partial charge in [-0.3, -0.25) is 4.68 Å². The van der Waals surface area contributed by atoms with Crippen LogP contribution in [0.25, 0.3) is 0 Å².